The Morgan fingerprint density at radius 1 is 1.18 bits per heavy atom. The number of hydrogen-bond donors (Lipinski definition) is 1. The fourth-order valence-electron chi connectivity index (χ4n) is 1.82. The highest BCUT2D eigenvalue weighted by molar-refractivity contribution is 6.02. The predicted molar refractivity (Wildman–Crippen MR) is 83.8 cm³/mol. The quantitative estimate of drug-likeness (QED) is 0.522. The Labute approximate surface area is 127 Å². The van der Waals surface area contributed by atoms with Gasteiger partial charge in [0.2, 0.25) is 5.91 Å². The van der Waals surface area contributed by atoms with Crippen LogP contribution in [0.5, 0.6) is 5.75 Å². The first-order valence-corrected chi connectivity index (χ1v) is 6.46. The number of nitrogens with one attached hydrogen (secondary N) is 1. The largest absolute Gasteiger partial charge is 0.496 e. The van der Waals surface area contributed by atoms with Gasteiger partial charge < -0.3 is 10.1 Å². The van der Waals surface area contributed by atoms with E-state index < -0.39 is 4.92 Å². The maximum absolute atomic E-state index is 11.8. The summed E-state index contributed by atoms with van der Waals surface area (Å²) >= 11 is 0. The molecule has 2 aromatic rings. The minimum absolute atomic E-state index is 0.0254. The summed E-state index contributed by atoms with van der Waals surface area (Å²) in [4.78, 5) is 21.9. The number of benzene rings is 2. The average molecular weight is 298 g/mol. The molecule has 6 nitrogen and oxygen atoms in total. The lowest BCUT2D eigenvalue weighted by atomic mass is 10.2. The lowest BCUT2D eigenvalue weighted by Crippen LogP contribution is -2.07. The molecule has 0 bridgehead atoms. The van der Waals surface area contributed by atoms with E-state index in [1.807, 2.05) is 18.2 Å². The fourth-order valence-corrected chi connectivity index (χ4v) is 1.82. The van der Waals surface area contributed by atoms with Crippen molar-refractivity contribution >= 4 is 23.4 Å². The zero-order valence-electron chi connectivity index (χ0n) is 11.9. The first kappa shape index (κ1) is 15.2. The molecule has 0 aliphatic rings. The SMILES string of the molecule is COc1ccccc1/C=C/C(=O)Nc1ccc([N+](=O)[O-])cc1. The molecule has 0 fully saturated rings. The van der Waals surface area contributed by atoms with Crippen molar-refractivity contribution in [3.63, 3.8) is 0 Å². The first-order chi connectivity index (χ1) is 10.6. The second-order valence-corrected chi connectivity index (χ2v) is 4.37. The van der Waals surface area contributed by atoms with Crippen LogP contribution in [0.4, 0.5) is 11.4 Å². The van der Waals surface area contributed by atoms with E-state index in [4.69, 9.17) is 4.74 Å². The molecular weight excluding hydrogens is 284 g/mol. The number of nitrogens with zero attached hydrogens (tertiary/aromatic N) is 1. The lowest BCUT2D eigenvalue weighted by Gasteiger charge is -2.04. The summed E-state index contributed by atoms with van der Waals surface area (Å²) in [5.41, 5.74) is 1.24. The number of para-hydroxylation sites is 1. The highest BCUT2D eigenvalue weighted by Crippen LogP contribution is 2.19. The lowest BCUT2D eigenvalue weighted by molar-refractivity contribution is -0.384. The number of anilines is 1. The summed E-state index contributed by atoms with van der Waals surface area (Å²) < 4.78 is 5.18. The molecule has 1 amide bonds. The van der Waals surface area contributed by atoms with Crippen LogP contribution in [0.1, 0.15) is 5.56 Å². The second kappa shape index (κ2) is 7.03. The molecule has 0 aliphatic carbocycles. The smallest absolute Gasteiger partial charge is 0.269 e. The van der Waals surface area contributed by atoms with Crippen LogP contribution in [0, 0.1) is 10.1 Å². The number of nitro benzene ring substituents is 1. The molecule has 22 heavy (non-hydrogen) atoms. The molecule has 2 rings (SSSR count). The van der Waals surface area contributed by atoms with Gasteiger partial charge in [0.1, 0.15) is 5.75 Å². The molecule has 6 heteroatoms. The summed E-state index contributed by atoms with van der Waals surface area (Å²) in [6, 6.07) is 12.9. The topological polar surface area (TPSA) is 81.5 Å². The van der Waals surface area contributed by atoms with Crippen LogP contribution in [0.25, 0.3) is 6.08 Å². The van der Waals surface area contributed by atoms with Crippen LogP contribution in [0.3, 0.4) is 0 Å². The maximum atomic E-state index is 11.8. The van der Waals surface area contributed by atoms with E-state index >= 15 is 0 Å². The zero-order valence-corrected chi connectivity index (χ0v) is 11.9. The van der Waals surface area contributed by atoms with Gasteiger partial charge in [0, 0.05) is 29.5 Å². The molecule has 0 aromatic heterocycles. The number of non-ortho nitro benzene ring substituents is 1. The first-order valence-electron chi connectivity index (χ1n) is 6.46. The summed E-state index contributed by atoms with van der Waals surface area (Å²) in [5, 5.41) is 13.2. The van der Waals surface area contributed by atoms with Crippen molar-refractivity contribution in [2.75, 3.05) is 12.4 Å². The van der Waals surface area contributed by atoms with Gasteiger partial charge in [0.05, 0.1) is 12.0 Å². The van der Waals surface area contributed by atoms with Crippen LogP contribution in [0.15, 0.2) is 54.6 Å². The van der Waals surface area contributed by atoms with E-state index in [1.54, 1.807) is 19.3 Å². The number of rotatable bonds is 5. The van der Waals surface area contributed by atoms with Gasteiger partial charge in [0.25, 0.3) is 5.69 Å². The summed E-state index contributed by atoms with van der Waals surface area (Å²) in [5.74, 6) is 0.335. The Morgan fingerprint density at radius 3 is 2.50 bits per heavy atom. The van der Waals surface area contributed by atoms with Crippen molar-refractivity contribution < 1.29 is 14.5 Å². The highest BCUT2D eigenvalue weighted by atomic mass is 16.6. The Morgan fingerprint density at radius 2 is 1.86 bits per heavy atom. The molecule has 0 heterocycles. The van der Waals surface area contributed by atoms with Crippen LogP contribution >= 0.6 is 0 Å². The van der Waals surface area contributed by atoms with E-state index in [-0.39, 0.29) is 11.6 Å². The summed E-state index contributed by atoms with van der Waals surface area (Å²) in [6.45, 7) is 0. The normalized spacial score (nSPS) is 10.4. The Kier molecular flexibility index (Phi) is 4.87. The third-order valence-corrected chi connectivity index (χ3v) is 2.90. The standard InChI is InChI=1S/C16H14N2O4/c1-22-15-5-3-2-4-12(15)6-11-16(19)17-13-7-9-14(10-8-13)18(20)21/h2-11H,1H3,(H,17,19)/b11-6+. The third kappa shape index (κ3) is 3.92. The number of methoxy groups -OCH3 is 1. The highest BCUT2D eigenvalue weighted by Gasteiger charge is 2.05. The Hall–Kier alpha value is -3.15. The molecule has 0 atom stereocenters. The maximum Gasteiger partial charge on any atom is 0.269 e. The van der Waals surface area contributed by atoms with Gasteiger partial charge in [-0.2, -0.15) is 0 Å². The van der Waals surface area contributed by atoms with Crippen molar-refractivity contribution in [2.24, 2.45) is 0 Å². The molecule has 0 radical (unpaired) electrons. The monoisotopic (exact) mass is 298 g/mol. The van der Waals surface area contributed by atoms with Gasteiger partial charge in [-0.25, -0.2) is 0 Å². The minimum Gasteiger partial charge on any atom is -0.496 e. The number of hydrogen-bond acceptors (Lipinski definition) is 4. The van der Waals surface area contributed by atoms with Gasteiger partial charge in [-0.1, -0.05) is 18.2 Å². The molecule has 0 unspecified atom stereocenters. The van der Waals surface area contributed by atoms with Crippen LogP contribution in [-0.4, -0.2) is 17.9 Å². The molecule has 0 saturated carbocycles. The van der Waals surface area contributed by atoms with E-state index in [2.05, 4.69) is 5.32 Å². The number of amides is 1. The van der Waals surface area contributed by atoms with Gasteiger partial charge in [-0.3, -0.25) is 14.9 Å². The van der Waals surface area contributed by atoms with Crippen molar-refractivity contribution in [3.05, 3.63) is 70.3 Å². The van der Waals surface area contributed by atoms with Crippen LogP contribution in [0.2, 0.25) is 0 Å². The molecule has 112 valence electrons. The summed E-state index contributed by atoms with van der Waals surface area (Å²) in [6.07, 6.45) is 3.01. The number of carbonyl (C=O) groups is 1. The molecule has 0 saturated heterocycles. The Bertz CT molecular complexity index is 708. The predicted octanol–water partition coefficient (Wildman–Crippen LogP) is 3.26. The van der Waals surface area contributed by atoms with E-state index in [0.717, 1.165) is 5.56 Å². The molecule has 0 aliphatic heterocycles. The fraction of sp³-hybridized carbons (Fsp3) is 0.0625. The third-order valence-electron chi connectivity index (χ3n) is 2.90. The van der Waals surface area contributed by atoms with Crippen LogP contribution in [-0.2, 0) is 4.79 Å². The van der Waals surface area contributed by atoms with Gasteiger partial charge in [-0.05, 0) is 24.3 Å². The number of nitro groups is 1. The van der Waals surface area contributed by atoms with Crippen molar-refractivity contribution in [1.82, 2.24) is 0 Å². The molecule has 0 spiro atoms. The summed E-state index contributed by atoms with van der Waals surface area (Å²) in [7, 11) is 1.56. The van der Waals surface area contributed by atoms with Gasteiger partial charge in [0.15, 0.2) is 0 Å². The molecule has 2 aromatic carbocycles. The minimum atomic E-state index is -0.493. The van der Waals surface area contributed by atoms with Gasteiger partial charge in [-0.15, -0.1) is 0 Å². The average Bonchev–Trinajstić information content (AvgIpc) is 2.53. The van der Waals surface area contributed by atoms with Crippen molar-refractivity contribution in [1.29, 1.82) is 0 Å². The van der Waals surface area contributed by atoms with Crippen LogP contribution < -0.4 is 10.1 Å². The van der Waals surface area contributed by atoms with E-state index in [9.17, 15) is 14.9 Å². The number of carbonyl (C=O) groups excluding carboxylic acids is 1. The van der Waals surface area contributed by atoms with Gasteiger partial charge >= 0.3 is 0 Å². The van der Waals surface area contributed by atoms with Crippen molar-refractivity contribution in [2.45, 2.75) is 0 Å². The molecular formula is C16H14N2O4. The van der Waals surface area contributed by atoms with E-state index in [1.165, 1.54) is 30.3 Å². The van der Waals surface area contributed by atoms with Crippen molar-refractivity contribution in [3.8, 4) is 5.75 Å². The second-order valence-electron chi connectivity index (χ2n) is 4.37. The number of ether oxygens (including phenoxy) is 1. The Balaban J connectivity index is 2.03. The van der Waals surface area contributed by atoms with E-state index in [0.29, 0.717) is 11.4 Å². The molecule has 1 N–H and O–H groups in total. The zero-order chi connectivity index (χ0) is 15.9.